The summed E-state index contributed by atoms with van der Waals surface area (Å²) in [6.45, 7) is 4.09. The molecule has 0 radical (unpaired) electrons. The SMILES string of the molecule is CSc1ccccc1CN1CCC(CNC(=O)CSCc2ccccc2)CC1. The zero-order valence-corrected chi connectivity index (χ0v) is 18.2. The van der Waals surface area contributed by atoms with E-state index in [-0.39, 0.29) is 5.91 Å². The van der Waals surface area contributed by atoms with Crippen LogP contribution in [-0.2, 0) is 17.1 Å². The monoisotopic (exact) mass is 414 g/mol. The van der Waals surface area contributed by atoms with Gasteiger partial charge in [0, 0.05) is 23.7 Å². The van der Waals surface area contributed by atoms with Gasteiger partial charge in [-0.25, -0.2) is 0 Å². The number of benzene rings is 2. The molecule has 150 valence electrons. The topological polar surface area (TPSA) is 32.3 Å². The van der Waals surface area contributed by atoms with Crippen LogP contribution in [0.1, 0.15) is 24.0 Å². The molecule has 0 bridgehead atoms. The molecule has 28 heavy (non-hydrogen) atoms. The first-order valence-electron chi connectivity index (χ1n) is 9.97. The van der Waals surface area contributed by atoms with Gasteiger partial charge in [0.1, 0.15) is 0 Å². The van der Waals surface area contributed by atoms with Gasteiger partial charge in [-0.1, -0.05) is 48.5 Å². The molecule has 2 aromatic carbocycles. The number of rotatable bonds is 9. The molecule has 3 nitrogen and oxygen atoms in total. The molecule has 1 amide bonds. The standard InChI is InChI=1S/C23H30N2OS2/c1-27-22-10-6-5-9-21(22)16-25-13-11-19(12-14-25)15-24-23(26)18-28-17-20-7-3-2-4-8-20/h2-10,19H,11-18H2,1H3,(H,24,26). The molecule has 1 aliphatic rings. The van der Waals surface area contributed by atoms with Crippen LogP contribution < -0.4 is 5.32 Å². The Morgan fingerprint density at radius 2 is 1.79 bits per heavy atom. The molecule has 0 unspecified atom stereocenters. The van der Waals surface area contributed by atoms with E-state index in [9.17, 15) is 4.79 Å². The van der Waals surface area contributed by atoms with Gasteiger partial charge < -0.3 is 5.32 Å². The maximum absolute atomic E-state index is 12.1. The van der Waals surface area contributed by atoms with E-state index in [0.717, 1.165) is 31.9 Å². The molecule has 1 N–H and O–H groups in total. The second-order valence-corrected chi connectivity index (χ2v) is 9.15. The zero-order valence-electron chi connectivity index (χ0n) is 16.6. The van der Waals surface area contributed by atoms with Gasteiger partial charge in [-0.3, -0.25) is 9.69 Å². The van der Waals surface area contributed by atoms with Gasteiger partial charge in [-0.05, 0) is 55.3 Å². The Kier molecular flexibility index (Phi) is 8.77. The highest BCUT2D eigenvalue weighted by molar-refractivity contribution is 7.99. The molecular formula is C23H30N2OS2. The quantitative estimate of drug-likeness (QED) is 0.605. The van der Waals surface area contributed by atoms with Gasteiger partial charge in [0.25, 0.3) is 0 Å². The number of nitrogens with zero attached hydrogens (tertiary/aromatic N) is 1. The summed E-state index contributed by atoms with van der Waals surface area (Å²) in [5.41, 5.74) is 2.70. The second kappa shape index (κ2) is 11.5. The fourth-order valence-electron chi connectivity index (χ4n) is 3.57. The van der Waals surface area contributed by atoms with Crippen molar-refractivity contribution in [2.24, 2.45) is 5.92 Å². The lowest BCUT2D eigenvalue weighted by Gasteiger charge is -2.32. The number of amides is 1. The fraction of sp³-hybridized carbons (Fsp3) is 0.435. The summed E-state index contributed by atoms with van der Waals surface area (Å²) in [4.78, 5) is 16.0. The van der Waals surface area contributed by atoms with Crippen LogP contribution in [0.2, 0.25) is 0 Å². The van der Waals surface area contributed by atoms with Crippen molar-refractivity contribution in [1.82, 2.24) is 10.2 Å². The van der Waals surface area contributed by atoms with Crippen LogP contribution in [0.5, 0.6) is 0 Å². The third kappa shape index (κ3) is 6.87. The number of thioether (sulfide) groups is 2. The van der Waals surface area contributed by atoms with E-state index in [1.807, 2.05) is 30.0 Å². The number of likely N-dealkylation sites (tertiary alicyclic amines) is 1. The van der Waals surface area contributed by atoms with Crippen LogP contribution in [0.3, 0.4) is 0 Å². The van der Waals surface area contributed by atoms with Crippen molar-refractivity contribution in [3.8, 4) is 0 Å². The average molecular weight is 415 g/mol. The molecule has 1 heterocycles. The number of carbonyl (C=O) groups is 1. The molecule has 3 rings (SSSR count). The first kappa shape index (κ1) is 21.3. The van der Waals surface area contributed by atoms with Crippen molar-refractivity contribution in [1.29, 1.82) is 0 Å². The molecule has 2 aromatic rings. The number of hydrogen-bond acceptors (Lipinski definition) is 4. The fourth-order valence-corrected chi connectivity index (χ4v) is 5.00. The molecule has 0 aromatic heterocycles. The first-order chi connectivity index (χ1) is 13.7. The summed E-state index contributed by atoms with van der Waals surface area (Å²) < 4.78 is 0. The van der Waals surface area contributed by atoms with Crippen molar-refractivity contribution in [3.05, 3.63) is 65.7 Å². The Morgan fingerprint density at radius 1 is 1.07 bits per heavy atom. The van der Waals surface area contributed by atoms with Gasteiger partial charge in [-0.2, -0.15) is 0 Å². The molecule has 1 saturated heterocycles. The highest BCUT2D eigenvalue weighted by Gasteiger charge is 2.20. The second-order valence-electron chi connectivity index (χ2n) is 7.31. The van der Waals surface area contributed by atoms with Crippen LogP contribution in [0.15, 0.2) is 59.5 Å². The van der Waals surface area contributed by atoms with E-state index in [1.165, 1.54) is 28.9 Å². The summed E-state index contributed by atoms with van der Waals surface area (Å²) in [6, 6.07) is 19.0. The van der Waals surface area contributed by atoms with E-state index < -0.39 is 0 Å². The summed E-state index contributed by atoms with van der Waals surface area (Å²) >= 11 is 3.51. The third-order valence-electron chi connectivity index (χ3n) is 5.23. The first-order valence-corrected chi connectivity index (χ1v) is 12.3. The number of piperidine rings is 1. The molecule has 1 fully saturated rings. The van der Waals surface area contributed by atoms with Crippen LogP contribution in [0.25, 0.3) is 0 Å². The predicted molar refractivity (Wildman–Crippen MR) is 122 cm³/mol. The van der Waals surface area contributed by atoms with Gasteiger partial charge in [0.15, 0.2) is 0 Å². The Hall–Kier alpha value is -1.43. The number of nitrogens with one attached hydrogen (secondary N) is 1. The molecule has 0 aliphatic carbocycles. The van der Waals surface area contributed by atoms with E-state index in [1.54, 1.807) is 11.8 Å². The van der Waals surface area contributed by atoms with Crippen LogP contribution >= 0.6 is 23.5 Å². The Morgan fingerprint density at radius 3 is 2.54 bits per heavy atom. The minimum absolute atomic E-state index is 0.164. The zero-order chi connectivity index (χ0) is 19.6. The predicted octanol–water partition coefficient (Wildman–Crippen LogP) is 4.67. The molecule has 0 spiro atoms. The average Bonchev–Trinajstić information content (AvgIpc) is 2.74. The van der Waals surface area contributed by atoms with E-state index >= 15 is 0 Å². The largest absolute Gasteiger partial charge is 0.355 e. The van der Waals surface area contributed by atoms with Gasteiger partial charge >= 0.3 is 0 Å². The molecule has 0 saturated carbocycles. The maximum Gasteiger partial charge on any atom is 0.230 e. The minimum atomic E-state index is 0.164. The smallest absolute Gasteiger partial charge is 0.230 e. The van der Waals surface area contributed by atoms with Crippen molar-refractivity contribution in [2.75, 3.05) is 31.6 Å². The Labute approximate surface area is 177 Å². The van der Waals surface area contributed by atoms with Crippen molar-refractivity contribution < 1.29 is 4.79 Å². The van der Waals surface area contributed by atoms with Gasteiger partial charge in [0.05, 0.1) is 5.75 Å². The lowest BCUT2D eigenvalue weighted by Crippen LogP contribution is -2.38. The molecule has 1 aliphatic heterocycles. The van der Waals surface area contributed by atoms with Gasteiger partial charge in [-0.15, -0.1) is 23.5 Å². The summed E-state index contributed by atoms with van der Waals surface area (Å²) in [5.74, 6) is 2.20. The number of hydrogen-bond donors (Lipinski definition) is 1. The lowest BCUT2D eigenvalue weighted by atomic mass is 9.96. The number of carbonyl (C=O) groups excluding carboxylic acids is 1. The lowest BCUT2D eigenvalue weighted by molar-refractivity contribution is -0.118. The van der Waals surface area contributed by atoms with Crippen LogP contribution in [-0.4, -0.2) is 42.4 Å². The molecule has 0 atom stereocenters. The van der Waals surface area contributed by atoms with Gasteiger partial charge in [0.2, 0.25) is 5.91 Å². The summed E-state index contributed by atoms with van der Waals surface area (Å²) in [6.07, 6.45) is 4.48. The highest BCUT2D eigenvalue weighted by Crippen LogP contribution is 2.24. The highest BCUT2D eigenvalue weighted by atomic mass is 32.2. The summed E-state index contributed by atoms with van der Waals surface area (Å²) in [7, 11) is 0. The van der Waals surface area contributed by atoms with E-state index in [4.69, 9.17) is 0 Å². The van der Waals surface area contributed by atoms with E-state index in [0.29, 0.717) is 11.7 Å². The molecular weight excluding hydrogens is 384 g/mol. The normalized spacial score (nSPS) is 15.5. The van der Waals surface area contributed by atoms with E-state index in [2.05, 4.69) is 52.9 Å². The van der Waals surface area contributed by atoms with Crippen molar-refractivity contribution in [2.45, 2.75) is 30.0 Å². The minimum Gasteiger partial charge on any atom is -0.355 e. The molecule has 5 heteroatoms. The van der Waals surface area contributed by atoms with Crippen molar-refractivity contribution in [3.63, 3.8) is 0 Å². The maximum atomic E-state index is 12.1. The summed E-state index contributed by atoms with van der Waals surface area (Å²) in [5, 5.41) is 3.14. The third-order valence-corrected chi connectivity index (χ3v) is 7.07. The van der Waals surface area contributed by atoms with Crippen LogP contribution in [0.4, 0.5) is 0 Å². The Bertz CT molecular complexity index is 730. The van der Waals surface area contributed by atoms with Crippen molar-refractivity contribution >= 4 is 29.4 Å². The van der Waals surface area contributed by atoms with Crippen LogP contribution in [0, 0.1) is 5.92 Å². The Balaban J connectivity index is 1.31.